The van der Waals surface area contributed by atoms with Gasteiger partial charge in [0.25, 0.3) is 0 Å². The lowest BCUT2D eigenvalue weighted by atomic mass is 10.2. The first-order valence-corrected chi connectivity index (χ1v) is 7.24. The number of aryl methyl sites for hydroxylation is 1. The zero-order valence-electron chi connectivity index (χ0n) is 11.8. The minimum absolute atomic E-state index is 0.529. The third-order valence-electron chi connectivity index (χ3n) is 3.59. The molecule has 1 aromatic carbocycles. The average molecular weight is 268 g/mol. The number of hydrogen-bond acceptors (Lipinski definition) is 4. The van der Waals surface area contributed by atoms with Gasteiger partial charge in [0.2, 0.25) is 5.95 Å². The number of nitrogens with one attached hydrogen (secondary N) is 2. The molecule has 1 saturated carbocycles. The van der Waals surface area contributed by atoms with Crippen molar-refractivity contribution in [2.75, 3.05) is 10.6 Å². The van der Waals surface area contributed by atoms with Crippen LogP contribution in [-0.4, -0.2) is 16.0 Å². The van der Waals surface area contributed by atoms with Crippen LogP contribution in [0.1, 0.15) is 31.4 Å². The number of para-hydroxylation sites is 1. The van der Waals surface area contributed by atoms with Crippen LogP contribution < -0.4 is 10.6 Å². The van der Waals surface area contributed by atoms with Crippen molar-refractivity contribution in [1.29, 1.82) is 0 Å². The summed E-state index contributed by atoms with van der Waals surface area (Å²) in [6, 6.07) is 12.6. The Morgan fingerprint density at radius 1 is 1.05 bits per heavy atom. The zero-order valence-corrected chi connectivity index (χ0v) is 11.8. The lowest BCUT2D eigenvalue weighted by Crippen LogP contribution is -2.17. The molecule has 0 saturated heterocycles. The number of rotatable bonds is 4. The quantitative estimate of drug-likeness (QED) is 0.883. The van der Waals surface area contributed by atoms with Crippen molar-refractivity contribution in [3.8, 4) is 0 Å². The number of benzene rings is 1. The summed E-state index contributed by atoms with van der Waals surface area (Å²) < 4.78 is 0. The average Bonchev–Trinajstić information content (AvgIpc) is 2.92. The second kappa shape index (κ2) is 5.90. The highest BCUT2D eigenvalue weighted by atomic mass is 15.2. The molecular weight excluding hydrogens is 248 g/mol. The van der Waals surface area contributed by atoms with Crippen molar-refractivity contribution in [3.05, 3.63) is 42.1 Å². The van der Waals surface area contributed by atoms with Crippen molar-refractivity contribution in [1.82, 2.24) is 9.97 Å². The first kappa shape index (κ1) is 12.9. The minimum atomic E-state index is 0.529. The van der Waals surface area contributed by atoms with Gasteiger partial charge in [0.05, 0.1) is 0 Å². The molecule has 4 heteroatoms. The Morgan fingerprint density at radius 3 is 2.55 bits per heavy atom. The summed E-state index contributed by atoms with van der Waals surface area (Å²) in [6.45, 7) is 2.00. The van der Waals surface area contributed by atoms with Gasteiger partial charge >= 0.3 is 0 Å². The minimum Gasteiger partial charge on any atom is -0.351 e. The molecule has 0 spiro atoms. The van der Waals surface area contributed by atoms with Gasteiger partial charge in [-0.2, -0.15) is 4.98 Å². The van der Waals surface area contributed by atoms with Gasteiger partial charge in [0.15, 0.2) is 0 Å². The molecule has 1 aliphatic carbocycles. The van der Waals surface area contributed by atoms with Gasteiger partial charge in [-0.1, -0.05) is 31.0 Å². The fraction of sp³-hybridized carbons (Fsp3) is 0.375. The molecule has 0 aliphatic heterocycles. The van der Waals surface area contributed by atoms with Crippen LogP contribution >= 0.6 is 0 Å². The standard InChI is InChI=1S/C16H20N4/c1-12-11-15(18-13-7-3-2-4-8-13)20-16(17-12)19-14-9-5-6-10-14/h2-4,7-8,11,14H,5-6,9-10H2,1H3,(H2,17,18,19,20). The molecule has 0 amide bonds. The van der Waals surface area contributed by atoms with E-state index in [0.29, 0.717) is 6.04 Å². The van der Waals surface area contributed by atoms with Crippen LogP contribution in [0.2, 0.25) is 0 Å². The summed E-state index contributed by atoms with van der Waals surface area (Å²) in [5.74, 6) is 1.57. The van der Waals surface area contributed by atoms with Crippen LogP contribution in [0.4, 0.5) is 17.5 Å². The molecule has 1 aromatic heterocycles. The maximum absolute atomic E-state index is 4.56. The van der Waals surface area contributed by atoms with Gasteiger partial charge in [0.1, 0.15) is 5.82 Å². The highest BCUT2D eigenvalue weighted by Gasteiger charge is 2.16. The number of nitrogens with zero attached hydrogens (tertiary/aromatic N) is 2. The normalized spacial score (nSPS) is 15.2. The largest absolute Gasteiger partial charge is 0.351 e. The van der Waals surface area contributed by atoms with Gasteiger partial charge < -0.3 is 10.6 Å². The molecule has 0 bridgehead atoms. The third-order valence-corrected chi connectivity index (χ3v) is 3.59. The van der Waals surface area contributed by atoms with E-state index in [0.717, 1.165) is 23.1 Å². The Hall–Kier alpha value is -2.10. The number of aromatic nitrogens is 2. The lowest BCUT2D eigenvalue weighted by Gasteiger charge is -2.14. The molecule has 4 nitrogen and oxygen atoms in total. The summed E-state index contributed by atoms with van der Waals surface area (Å²) in [4.78, 5) is 9.04. The van der Waals surface area contributed by atoms with Gasteiger partial charge in [-0.25, -0.2) is 4.98 Å². The first-order chi connectivity index (χ1) is 9.79. The molecule has 2 aromatic rings. The van der Waals surface area contributed by atoms with Crippen molar-refractivity contribution in [3.63, 3.8) is 0 Å². The second-order valence-electron chi connectivity index (χ2n) is 5.33. The molecule has 0 radical (unpaired) electrons. The highest BCUT2D eigenvalue weighted by Crippen LogP contribution is 2.22. The summed E-state index contributed by atoms with van der Waals surface area (Å²) in [7, 11) is 0. The van der Waals surface area contributed by atoms with E-state index in [1.54, 1.807) is 0 Å². The van der Waals surface area contributed by atoms with Crippen LogP contribution in [0.5, 0.6) is 0 Å². The number of anilines is 3. The van der Waals surface area contributed by atoms with E-state index < -0.39 is 0 Å². The van der Waals surface area contributed by atoms with Gasteiger partial charge in [-0.15, -0.1) is 0 Å². The Labute approximate surface area is 119 Å². The van der Waals surface area contributed by atoms with Crippen molar-refractivity contribution >= 4 is 17.5 Å². The van der Waals surface area contributed by atoms with Gasteiger partial charge in [0, 0.05) is 23.5 Å². The zero-order chi connectivity index (χ0) is 13.8. The van der Waals surface area contributed by atoms with Crippen LogP contribution in [0.15, 0.2) is 36.4 Å². The Morgan fingerprint density at radius 2 is 1.80 bits per heavy atom. The van der Waals surface area contributed by atoms with Crippen molar-refractivity contribution < 1.29 is 0 Å². The fourth-order valence-corrected chi connectivity index (χ4v) is 2.62. The second-order valence-corrected chi connectivity index (χ2v) is 5.33. The topological polar surface area (TPSA) is 49.8 Å². The predicted molar refractivity (Wildman–Crippen MR) is 82.4 cm³/mol. The Kier molecular flexibility index (Phi) is 3.81. The van der Waals surface area contributed by atoms with Crippen LogP contribution in [0.25, 0.3) is 0 Å². The maximum Gasteiger partial charge on any atom is 0.225 e. The van der Waals surface area contributed by atoms with Gasteiger partial charge in [-0.05, 0) is 31.9 Å². The SMILES string of the molecule is Cc1cc(Nc2ccccc2)nc(NC2CCCC2)n1. The molecular formula is C16H20N4. The maximum atomic E-state index is 4.56. The molecule has 0 unspecified atom stereocenters. The first-order valence-electron chi connectivity index (χ1n) is 7.24. The van der Waals surface area contributed by atoms with Crippen LogP contribution in [0.3, 0.4) is 0 Å². The molecule has 1 fully saturated rings. The van der Waals surface area contributed by atoms with E-state index in [2.05, 4.69) is 20.6 Å². The molecule has 1 heterocycles. The Balaban J connectivity index is 1.75. The fourth-order valence-electron chi connectivity index (χ4n) is 2.62. The predicted octanol–water partition coefficient (Wildman–Crippen LogP) is 3.88. The molecule has 20 heavy (non-hydrogen) atoms. The van der Waals surface area contributed by atoms with E-state index in [1.807, 2.05) is 43.3 Å². The molecule has 0 atom stereocenters. The molecule has 3 rings (SSSR count). The third kappa shape index (κ3) is 3.26. The Bertz CT molecular complexity index is 562. The number of hydrogen-bond donors (Lipinski definition) is 2. The van der Waals surface area contributed by atoms with E-state index >= 15 is 0 Å². The lowest BCUT2D eigenvalue weighted by molar-refractivity contribution is 0.743. The monoisotopic (exact) mass is 268 g/mol. The highest BCUT2D eigenvalue weighted by molar-refractivity contribution is 5.57. The molecule has 104 valence electrons. The van der Waals surface area contributed by atoms with Crippen molar-refractivity contribution in [2.24, 2.45) is 0 Å². The van der Waals surface area contributed by atoms with Crippen LogP contribution in [0, 0.1) is 6.92 Å². The molecule has 1 aliphatic rings. The summed E-state index contributed by atoms with van der Waals surface area (Å²) in [5.41, 5.74) is 2.01. The van der Waals surface area contributed by atoms with E-state index in [4.69, 9.17) is 0 Å². The summed E-state index contributed by atoms with van der Waals surface area (Å²) >= 11 is 0. The van der Waals surface area contributed by atoms with E-state index in [-0.39, 0.29) is 0 Å². The van der Waals surface area contributed by atoms with E-state index in [1.165, 1.54) is 25.7 Å². The van der Waals surface area contributed by atoms with Crippen LogP contribution in [-0.2, 0) is 0 Å². The summed E-state index contributed by atoms with van der Waals surface area (Å²) in [6.07, 6.45) is 5.05. The smallest absolute Gasteiger partial charge is 0.225 e. The van der Waals surface area contributed by atoms with Crippen molar-refractivity contribution in [2.45, 2.75) is 38.6 Å². The molecule has 2 N–H and O–H groups in total. The summed E-state index contributed by atoms with van der Waals surface area (Å²) in [5, 5.41) is 6.76. The van der Waals surface area contributed by atoms with E-state index in [9.17, 15) is 0 Å². The van der Waals surface area contributed by atoms with Gasteiger partial charge in [-0.3, -0.25) is 0 Å².